The van der Waals surface area contributed by atoms with Gasteiger partial charge < -0.3 is 16.0 Å². The van der Waals surface area contributed by atoms with E-state index in [-0.39, 0.29) is 17.9 Å². The maximum absolute atomic E-state index is 12.1. The average molecular weight is 289 g/mol. The molecule has 0 unspecified atom stereocenters. The molecule has 5 nitrogen and oxygen atoms in total. The van der Waals surface area contributed by atoms with E-state index < -0.39 is 6.04 Å². The molecular formula is C16H23N3O2. The van der Waals surface area contributed by atoms with Crippen molar-refractivity contribution in [2.45, 2.75) is 39.7 Å². The second-order valence-corrected chi connectivity index (χ2v) is 5.63. The molecule has 3 N–H and O–H groups in total. The van der Waals surface area contributed by atoms with Crippen LogP contribution in [0.2, 0.25) is 0 Å². The Morgan fingerprint density at radius 2 is 2.19 bits per heavy atom. The highest BCUT2D eigenvalue weighted by molar-refractivity contribution is 5.94. The van der Waals surface area contributed by atoms with Crippen molar-refractivity contribution in [3.63, 3.8) is 0 Å². The highest BCUT2D eigenvalue weighted by atomic mass is 16.2. The molecule has 5 heteroatoms. The number of anilines is 1. The lowest BCUT2D eigenvalue weighted by Gasteiger charge is -2.29. The molecule has 0 spiro atoms. The summed E-state index contributed by atoms with van der Waals surface area (Å²) in [5, 5.41) is 8.34. The first-order valence-electron chi connectivity index (χ1n) is 7.46. The van der Waals surface area contributed by atoms with E-state index in [0.717, 1.165) is 18.5 Å². The van der Waals surface area contributed by atoms with Crippen molar-refractivity contribution >= 4 is 17.6 Å². The molecule has 0 radical (unpaired) electrons. The molecule has 0 saturated carbocycles. The fourth-order valence-corrected chi connectivity index (χ4v) is 2.60. The van der Waals surface area contributed by atoms with Crippen LogP contribution in [0.25, 0.3) is 0 Å². The molecule has 0 bridgehead atoms. The Balaban J connectivity index is 1.99. The number of hydrogen-bond acceptors (Lipinski definition) is 2. The van der Waals surface area contributed by atoms with Crippen molar-refractivity contribution in [1.29, 1.82) is 0 Å². The van der Waals surface area contributed by atoms with Gasteiger partial charge in [-0.05, 0) is 48.9 Å². The summed E-state index contributed by atoms with van der Waals surface area (Å²) in [6.07, 6.45) is 1.80. The highest BCUT2D eigenvalue weighted by Crippen LogP contribution is 2.16. The molecule has 1 heterocycles. The summed E-state index contributed by atoms with van der Waals surface area (Å²) >= 11 is 0. The molecule has 0 aromatic heterocycles. The molecular weight excluding hydrogens is 266 g/mol. The van der Waals surface area contributed by atoms with Crippen LogP contribution in [0.3, 0.4) is 0 Å². The third kappa shape index (κ3) is 3.74. The standard InChI is InChI=1S/C16H23N3O2/c1-4-12-9-13(6-5-10(12)2)18-16(21)19-14-11(3)7-8-17-15(14)20/h5-6,9,11,14H,4,7-8H2,1-3H3,(H,17,20)(H2,18,19,21)/t11-,14+/m1/s1. The van der Waals surface area contributed by atoms with Gasteiger partial charge in [0.1, 0.15) is 6.04 Å². The number of aryl methyl sites for hydroxylation is 2. The van der Waals surface area contributed by atoms with Crippen molar-refractivity contribution < 1.29 is 9.59 Å². The van der Waals surface area contributed by atoms with Crippen LogP contribution in [0, 0.1) is 12.8 Å². The first-order valence-corrected chi connectivity index (χ1v) is 7.46. The minimum Gasteiger partial charge on any atom is -0.354 e. The summed E-state index contributed by atoms with van der Waals surface area (Å²) in [6.45, 7) is 6.79. The van der Waals surface area contributed by atoms with Crippen molar-refractivity contribution in [3.8, 4) is 0 Å². The van der Waals surface area contributed by atoms with Crippen LogP contribution in [0.1, 0.15) is 31.4 Å². The number of hydrogen-bond donors (Lipinski definition) is 3. The van der Waals surface area contributed by atoms with Crippen LogP contribution in [-0.2, 0) is 11.2 Å². The van der Waals surface area contributed by atoms with E-state index in [1.165, 1.54) is 11.1 Å². The summed E-state index contributed by atoms with van der Waals surface area (Å²) in [5.41, 5.74) is 3.17. The average Bonchev–Trinajstić information content (AvgIpc) is 2.45. The predicted molar refractivity (Wildman–Crippen MR) is 83.3 cm³/mol. The van der Waals surface area contributed by atoms with E-state index in [1.807, 2.05) is 25.1 Å². The summed E-state index contributed by atoms with van der Waals surface area (Å²) < 4.78 is 0. The largest absolute Gasteiger partial charge is 0.354 e. The van der Waals surface area contributed by atoms with Crippen molar-refractivity contribution in [1.82, 2.24) is 10.6 Å². The number of amides is 3. The van der Waals surface area contributed by atoms with Crippen LogP contribution in [-0.4, -0.2) is 24.5 Å². The first-order chi connectivity index (χ1) is 10.0. The second kappa shape index (κ2) is 6.61. The van der Waals surface area contributed by atoms with Gasteiger partial charge in [0, 0.05) is 12.2 Å². The number of carbonyl (C=O) groups is 2. The molecule has 3 amide bonds. The van der Waals surface area contributed by atoms with Gasteiger partial charge in [0.05, 0.1) is 0 Å². The number of piperidine rings is 1. The Bertz CT molecular complexity index is 542. The van der Waals surface area contributed by atoms with Crippen molar-refractivity contribution in [2.75, 3.05) is 11.9 Å². The lowest BCUT2D eigenvalue weighted by atomic mass is 9.94. The summed E-state index contributed by atoms with van der Waals surface area (Å²) in [5.74, 6) is 0.0378. The Morgan fingerprint density at radius 3 is 2.86 bits per heavy atom. The molecule has 1 fully saturated rings. The molecule has 1 aromatic rings. The van der Waals surface area contributed by atoms with Gasteiger partial charge in [0.2, 0.25) is 5.91 Å². The molecule has 2 atom stereocenters. The van der Waals surface area contributed by atoms with E-state index in [4.69, 9.17) is 0 Å². The Labute approximate surface area is 125 Å². The second-order valence-electron chi connectivity index (χ2n) is 5.63. The highest BCUT2D eigenvalue weighted by Gasteiger charge is 2.30. The third-order valence-corrected chi connectivity index (χ3v) is 4.02. The topological polar surface area (TPSA) is 70.2 Å². The zero-order valence-corrected chi connectivity index (χ0v) is 12.8. The van der Waals surface area contributed by atoms with E-state index >= 15 is 0 Å². The van der Waals surface area contributed by atoms with Crippen LogP contribution >= 0.6 is 0 Å². The van der Waals surface area contributed by atoms with Gasteiger partial charge in [0.25, 0.3) is 0 Å². The zero-order chi connectivity index (χ0) is 15.4. The quantitative estimate of drug-likeness (QED) is 0.798. The predicted octanol–water partition coefficient (Wildman–Crippen LogP) is 2.20. The molecule has 21 heavy (non-hydrogen) atoms. The summed E-state index contributed by atoms with van der Waals surface area (Å²) in [4.78, 5) is 23.8. The zero-order valence-electron chi connectivity index (χ0n) is 12.8. The number of carbonyl (C=O) groups excluding carboxylic acids is 2. The monoisotopic (exact) mass is 289 g/mol. The molecule has 1 aliphatic rings. The van der Waals surface area contributed by atoms with E-state index in [2.05, 4.69) is 29.8 Å². The minimum absolute atomic E-state index is 0.109. The number of benzene rings is 1. The Kier molecular flexibility index (Phi) is 4.83. The van der Waals surface area contributed by atoms with Gasteiger partial charge >= 0.3 is 6.03 Å². The maximum atomic E-state index is 12.1. The van der Waals surface area contributed by atoms with Gasteiger partial charge in [-0.2, -0.15) is 0 Å². The number of rotatable bonds is 3. The molecule has 1 saturated heterocycles. The molecule has 1 aliphatic heterocycles. The smallest absolute Gasteiger partial charge is 0.319 e. The number of urea groups is 1. The van der Waals surface area contributed by atoms with Crippen molar-refractivity contribution in [2.24, 2.45) is 5.92 Å². The van der Waals surface area contributed by atoms with Gasteiger partial charge in [-0.1, -0.05) is 19.9 Å². The fourth-order valence-electron chi connectivity index (χ4n) is 2.60. The molecule has 114 valence electrons. The fraction of sp³-hybridized carbons (Fsp3) is 0.500. The third-order valence-electron chi connectivity index (χ3n) is 4.02. The SMILES string of the molecule is CCc1cc(NC(=O)N[C@@H]2C(=O)NCC[C@H]2C)ccc1C. The lowest BCUT2D eigenvalue weighted by Crippen LogP contribution is -2.55. The van der Waals surface area contributed by atoms with Gasteiger partial charge in [0.15, 0.2) is 0 Å². The summed E-state index contributed by atoms with van der Waals surface area (Å²) in [7, 11) is 0. The van der Waals surface area contributed by atoms with Crippen LogP contribution < -0.4 is 16.0 Å². The molecule has 1 aromatic carbocycles. The van der Waals surface area contributed by atoms with Gasteiger partial charge in [-0.15, -0.1) is 0 Å². The van der Waals surface area contributed by atoms with Crippen LogP contribution in [0.15, 0.2) is 18.2 Å². The maximum Gasteiger partial charge on any atom is 0.319 e. The van der Waals surface area contributed by atoms with Gasteiger partial charge in [-0.3, -0.25) is 4.79 Å². The number of nitrogens with one attached hydrogen (secondary N) is 3. The van der Waals surface area contributed by atoms with Crippen LogP contribution in [0.5, 0.6) is 0 Å². The van der Waals surface area contributed by atoms with E-state index in [9.17, 15) is 9.59 Å². The molecule has 0 aliphatic carbocycles. The Morgan fingerprint density at radius 1 is 1.43 bits per heavy atom. The van der Waals surface area contributed by atoms with Crippen LogP contribution in [0.4, 0.5) is 10.5 Å². The minimum atomic E-state index is -0.463. The molecule has 2 rings (SSSR count). The van der Waals surface area contributed by atoms with Crippen molar-refractivity contribution in [3.05, 3.63) is 29.3 Å². The summed E-state index contributed by atoms with van der Waals surface area (Å²) in [6, 6.07) is 5.03. The normalized spacial score (nSPS) is 21.6. The Hall–Kier alpha value is -2.04. The van der Waals surface area contributed by atoms with E-state index in [1.54, 1.807) is 0 Å². The van der Waals surface area contributed by atoms with E-state index in [0.29, 0.717) is 6.54 Å². The van der Waals surface area contributed by atoms with Gasteiger partial charge in [-0.25, -0.2) is 4.79 Å². The first kappa shape index (κ1) is 15.4. The lowest BCUT2D eigenvalue weighted by molar-refractivity contribution is -0.125.